The normalized spacial score (nSPS) is 25.9. The van der Waals surface area contributed by atoms with Crippen LogP contribution in [0.5, 0.6) is 0 Å². The largest absolute Gasteiger partial charge is 0.444 e. The molecule has 1 fully saturated rings. The van der Waals surface area contributed by atoms with Gasteiger partial charge in [-0.2, -0.15) is 0 Å². The van der Waals surface area contributed by atoms with Crippen LogP contribution in [0.3, 0.4) is 0 Å². The number of nitrogens with one attached hydrogen (secondary N) is 1. The van der Waals surface area contributed by atoms with Gasteiger partial charge in [-0.15, -0.1) is 0 Å². The highest BCUT2D eigenvalue weighted by Crippen LogP contribution is 2.32. The molecule has 0 spiro atoms. The molecule has 8 heteroatoms. The maximum absolute atomic E-state index is 12.6. The molecule has 0 saturated carbocycles. The molecule has 1 N–H and O–H groups in total. The van der Waals surface area contributed by atoms with E-state index >= 15 is 0 Å². The lowest BCUT2D eigenvalue weighted by Gasteiger charge is -2.37. The van der Waals surface area contributed by atoms with Gasteiger partial charge in [-0.05, 0) is 45.4 Å². The Morgan fingerprint density at radius 1 is 1.21 bits per heavy atom. The second-order valence-electron chi connectivity index (χ2n) is 7.03. The Labute approximate surface area is 146 Å². The van der Waals surface area contributed by atoms with E-state index in [2.05, 4.69) is 5.32 Å². The van der Waals surface area contributed by atoms with E-state index in [1.807, 2.05) is 43.5 Å². The Bertz CT molecular complexity index is 572. The minimum Gasteiger partial charge on any atom is -0.444 e. The van der Waals surface area contributed by atoms with Gasteiger partial charge in [0.25, 0.3) is 0 Å². The molecular weight excluding hydrogens is 328 g/mol. The molecular formula is C16H24N4O3S. The average Bonchev–Trinajstić information content (AvgIpc) is 3.08. The van der Waals surface area contributed by atoms with Crippen LogP contribution < -0.4 is 5.32 Å². The van der Waals surface area contributed by atoms with Gasteiger partial charge in [0, 0.05) is 25.1 Å². The van der Waals surface area contributed by atoms with Crippen molar-refractivity contribution >= 4 is 23.9 Å². The smallest absolute Gasteiger partial charge is 0.411 e. The molecule has 2 atom stereocenters. The van der Waals surface area contributed by atoms with Crippen LogP contribution in [0, 0.1) is 0 Å². The summed E-state index contributed by atoms with van der Waals surface area (Å²) in [5, 5.41) is 4.94. The number of carbonyl (C=O) groups is 2. The van der Waals surface area contributed by atoms with Crippen LogP contribution in [-0.2, 0) is 4.74 Å². The van der Waals surface area contributed by atoms with Crippen molar-refractivity contribution in [2.75, 3.05) is 6.54 Å². The van der Waals surface area contributed by atoms with Crippen molar-refractivity contribution in [1.29, 1.82) is 0 Å². The summed E-state index contributed by atoms with van der Waals surface area (Å²) >= 11 is 1.57. The van der Waals surface area contributed by atoms with Gasteiger partial charge >= 0.3 is 12.1 Å². The van der Waals surface area contributed by atoms with Crippen LogP contribution in [0.4, 0.5) is 9.59 Å². The number of nitrogens with zero attached hydrogens (tertiary/aromatic N) is 3. The van der Waals surface area contributed by atoms with Crippen molar-refractivity contribution in [2.24, 2.45) is 0 Å². The second kappa shape index (κ2) is 6.58. The maximum atomic E-state index is 12.6. The predicted molar refractivity (Wildman–Crippen MR) is 92.4 cm³/mol. The van der Waals surface area contributed by atoms with Gasteiger partial charge in [-0.3, -0.25) is 9.80 Å². The molecule has 0 aliphatic carbocycles. The van der Waals surface area contributed by atoms with E-state index < -0.39 is 5.60 Å². The first kappa shape index (κ1) is 17.0. The molecule has 24 heavy (non-hydrogen) atoms. The first-order valence-electron chi connectivity index (χ1n) is 8.21. The topological polar surface area (TPSA) is 65.1 Å². The van der Waals surface area contributed by atoms with E-state index in [1.165, 1.54) is 0 Å². The lowest BCUT2D eigenvalue weighted by molar-refractivity contribution is 0.00664. The Hall–Kier alpha value is -1.83. The van der Waals surface area contributed by atoms with E-state index in [4.69, 9.17) is 4.74 Å². The zero-order valence-electron chi connectivity index (χ0n) is 14.3. The minimum absolute atomic E-state index is 0.0661. The summed E-state index contributed by atoms with van der Waals surface area (Å²) in [6, 6.07) is -0.199. The number of fused-ring (bicyclic) bond motifs is 1. The number of likely N-dealkylation sites (tertiary alicyclic amines) is 1. The van der Waals surface area contributed by atoms with E-state index in [-0.39, 0.29) is 23.8 Å². The fourth-order valence-electron chi connectivity index (χ4n) is 2.88. The zero-order valence-corrected chi connectivity index (χ0v) is 15.1. The first-order valence-corrected chi connectivity index (χ1v) is 9.16. The van der Waals surface area contributed by atoms with Crippen LogP contribution in [0.1, 0.15) is 40.0 Å². The number of ether oxygens (including phenoxy) is 1. The van der Waals surface area contributed by atoms with Crippen molar-refractivity contribution < 1.29 is 14.3 Å². The number of amides is 3. The minimum atomic E-state index is -0.548. The fourth-order valence-corrected chi connectivity index (χ4v) is 3.81. The quantitative estimate of drug-likeness (QED) is 0.786. The first-order chi connectivity index (χ1) is 11.3. The number of thioether (sulfide) groups is 1. The van der Waals surface area contributed by atoms with Crippen LogP contribution in [0.2, 0.25) is 0 Å². The van der Waals surface area contributed by atoms with Crippen molar-refractivity contribution in [3.8, 4) is 0 Å². The molecule has 3 aliphatic rings. The van der Waals surface area contributed by atoms with E-state index in [1.54, 1.807) is 27.8 Å². The van der Waals surface area contributed by atoms with E-state index in [0.29, 0.717) is 6.54 Å². The lowest BCUT2D eigenvalue weighted by Crippen LogP contribution is -2.56. The van der Waals surface area contributed by atoms with Gasteiger partial charge in [-0.25, -0.2) is 9.59 Å². The van der Waals surface area contributed by atoms with Crippen molar-refractivity contribution in [3.05, 3.63) is 24.0 Å². The van der Waals surface area contributed by atoms with Gasteiger partial charge in [0.15, 0.2) is 5.50 Å². The SMILES string of the molecule is CC(C)(C)OC(=O)N1CCCCC1NC(=O)N1C=CN2C=CSC21. The molecule has 3 amide bonds. The average molecular weight is 352 g/mol. The predicted octanol–water partition coefficient (Wildman–Crippen LogP) is 3.03. The third kappa shape index (κ3) is 3.63. The maximum Gasteiger partial charge on any atom is 0.411 e. The number of piperidine rings is 1. The molecule has 0 bridgehead atoms. The van der Waals surface area contributed by atoms with E-state index in [9.17, 15) is 9.59 Å². The molecule has 0 aromatic rings. The van der Waals surface area contributed by atoms with Gasteiger partial charge in [0.2, 0.25) is 0 Å². The van der Waals surface area contributed by atoms with Gasteiger partial charge in [0.05, 0.1) is 0 Å². The summed E-state index contributed by atoms with van der Waals surface area (Å²) in [5.41, 5.74) is -0.614. The van der Waals surface area contributed by atoms with E-state index in [0.717, 1.165) is 19.3 Å². The zero-order chi connectivity index (χ0) is 17.3. The Balaban J connectivity index is 1.62. The monoisotopic (exact) mass is 352 g/mol. The molecule has 2 unspecified atom stereocenters. The highest BCUT2D eigenvalue weighted by Gasteiger charge is 2.36. The number of carbonyl (C=O) groups excluding carboxylic acids is 2. The number of hydrogen-bond donors (Lipinski definition) is 1. The van der Waals surface area contributed by atoms with Crippen molar-refractivity contribution in [3.63, 3.8) is 0 Å². The molecule has 132 valence electrons. The molecule has 3 aliphatic heterocycles. The fraction of sp³-hybridized carbons (Fsp3) is 0.625. The summed E-state index contributed by atoms with van der Waals surface area (Å²) in [4.78, 5) is 30.3. The molecule has 0 radical (unpaired) electrons. The van der Waals surface area contributed by atoms with Crippen LogP contribution in [0.15, 0.2) is 24.0 Å². The Morgan fingerprint density at radius 3 is 2.75 bits per heavy atom. The summed E-state index contributed by atoms with van der Waals surface area (Å²) in [6.45, 7) is 6.13. The van der Waals surface area contributed by atoms with Crippen LogP contribution in [0.25, 0.3) is 0 Å². The van der Waals surface area contributed by atoms with Crippen molar-refractivity contribution in [1.82, 2.24) is 20.0 Å². The second-order valence-corrected chi connectivity index (χ2v) is 8.00. The Kier molecular flexibility index (Phi) is 4.67. The summed E-state index contributed by atoms with van der Waals surface area (Å²) in [7, 11) is 0. The number of rotatable bonds is 1. The molecule has 0 aromatic heterocycles. The Morgan fingerprint density at radius 2 is 2.00 bits per heavy atom. The van der Waals surface area contributed by atoms with Gasteiger partial charge in [-0.1, -0.05) is 11.8 Å². The third-order valence-electron chi connectivity index (χ3n) is 3.98. The number of hydrogen-bond acceptors (Lipinski definition) is 5. The molecule has 0 aromatic carbocycles. The lowest BCUT2D eigenvalue weighted by atomic mass is 10.1. The standard InChI is InChI=1S/C16H24N4O3S/c1-16(2,3)23-15(22)19-7-5-4-6-12(19)17-13(21)20-9-8-18-10-11-24-14(18)20/h8-12,14H,4-7H2,1-3H3,(H,17,21). The summed E-state index contributed by atoms with van der Waals surface area (Å²) < 4.78 is 5.47. The third-order valence-corrected chi connectivity index (χ3v) is 4.97. The molecule has 3 heterocycles. The number of urea groups is 1. The summed E-state index contributed by atoms with van der Waals surface area (Å²) in [5.74, 6) is 0. The highest BCUT2D eigenvalue weighted by molar-refractivity contribution is 8.02. The van der Waals surface area contributed by atoms with Crippen LogP contribution >= 0.6 is 11.8 Å². The summed E-state index contributed by atoms with van der Waals surface area (Å²) in [6.07, 6.45) is 7.50. The molecule has 1 saturated heterocycles. The van der Waals surface area contributed by atoms with Gasteiger partial charge in [0.1, 0.15) is 11.8 Å². The van der Waals surface area contributed by atoms with Gasteiger partial charge < -0.3 is 15.0 Å². The van der Waals surface area contributed by atoms with Crippen molar-refractivity contribution in [2.45, 2.75) is 57.3 Å². The highest BCUT2D eigenvalue weighted by atomic mass is 32.2. The molecule has 7 nitrogen and oxygen atoms in total. The van der Waals surface area contributed by atoms with Crippen LogP contribution in [-0.4, -0.2) is 50.6 Å². The molecule has 3 rings (SSSR count).